The minimum atomic E-state index is -0.247. The lowest BCUT2D eigenvalue weighted by Crippen LogP contribution is -2.13. The molecule has 0 aliphatic carbocycles. The Morgan fingerprint density at radius 3 is 2.80 bits per heavy atom. The van der Waals surface area contributed by atoms with E-state index >= 15 is 0 Å². The highest BCUT2D eigenvalue weighted by Gasteiger charge is 2.09. The van der Waals surface area contributed by atoms with Crippen molar-refractivity contribution in [1.29, 1.82) is 0 Å². The summed E-state index contributed by atoms with van der Waals surface area (Å²) in [5.41, 5.74) is 1.80. The van der Waals surface area contributed by atoms with Crippen molar-refractivity contribution in [1.82, 2.24) is 9.97 Å². The molecule has 0 radical (unpaired) electrons. The van der Waals surface area contributed by atoms with Crippen LogP contribution < -0.4 is 5.32 Å². The summed E-state index contributed by atoms with van der Waals surface area (Å²) in [6.07, 6.45) is 3.30. The van der Waals surface area contributed by atoms with Gasteiger partial charge in [-0.05, 0) is 40.2 Å². The molecule has 0 saturated heterocycles. The van der Waals surface area contributed by atoms with Gasteiger partial charge in [-0.3, -0.25) is 14.8 Å². The molecule has 98 valence electrons. The molecule has 0 spiro atoms. The van der Waals surface area contributed by atoms with E-state index in [-0.39, 0.29) is 5.91 Å². The molecule has 0 saturated carbocycles. The number of nitrogens with one attached hydrogen (secondary N) is 1. The zero-order chi connectivity index (χ0) is 13.9. The van der Waals surface area contributed by atoms with E-state index in [9.17, 15) is 4.79 Å². The zero-order valence-electron chi connectivity index (χ0n) is 10.4. The van der Waals surface area contributed by atoms with Crippen LogP contribution in [0.1, 0.15) is 10.5 Å². The van der Waals surface area contributed by atoms with Crippen LogP contribution in [0.5, 0.6) is 0 Å². The van der Waals surface area contributed by atoms with Crippen molar-refractivity contribution in [2.24, 2.45) is 0 Å². The number of hydrogen-bond donors (Lipinski definition) is 1. The van der Waals surface area contributed by atoms with Gasteiger partial charge in [-0.1, -0.05) is 18.2 Å². The van der Waals surface area contributed by atoms with Gasteiger partial charge in [-0.15, -0.1) is 0 Å². The molecule has 0 bridgehead atoms. The number of hydrogen-bond acceptors (Lipinski definition) is 3. The third kappa shape index (κ3) is 2.53. The fourth-order valence-corrected chi connectivity index (χ4v) is 2.27. The smallest absolute Gasteiger partial charge is 0.274 e. The van der Waals surface area contributed by atoms with Crippen LogP contribution in [0.4, 0.5) is 5.69 Å². The molecule has 2 heterocycles. The maximum Gasteiger partial charge on any atom is 0.274 e. The molecule has 0 fully saturated rings. The number of nitrogens with zero attached hydrogens (tertiary/aromatic N) is 2. The standard InChI is InChI=1S/C15H10BrN3O/c16-11-8-10-4-3-6-12(14(10)18-9-11)19-15(20)13-5-1-2-7-17-13/h1-9H,(H,19,20). The summed E-state index contributed by atoms with van der Waals surface area (Å²) >= 11 is 3.38. The molecule has 3 aromatic rings. The summed E-state index contributed by atoms with van der Waals surface area (Å²) in [7, 11) is 0. The highest BCUT2D eigenvalue weighted by atomic mass is 79.9. The van der Waals surface area contributed by atoms with Crippen LogP contribution in [0.3, 0.4) is 0 Å². The van der Waals surface area contributed by atoms with Crippen molar-refractivity contribution >= 4 is 38.4 Å². The SMILES string of the molecule is O=C(Nc1cccc2cc(Br)cnc12)c1ccccn1. The normalized spacial score (nSPS) is 10.4. The fraction of sp³-hybridized carbons (Fsp3) is 0. The van der Waals surface area contributed by atoms with Gasteiger partial charge in [0.1, 0.15) is 5.69 Å². The molecule has 0 unspecified atom stereocenters. The molecular weight excluding hydrogens is 318 g/mol. The minimum Gasteiger partial charge on any atom is -0.319 e. The van der Waals surface area contributed by atoms with Crippen LogP contribution in [0.25, 0.3) is 10.9 Å². The van der Waals surface area contributed by atoms with E-state index in [0.29, 0.717) is 11.4 Å². The number of benzene rings is 1. The number of fused-ring (bicyclic) bond motifs is 1. The van der Waals surface area contributed by atoms with Crippen LogP contribution >= 0.6 is 15.9 Å². The van der Waals surface area contributed by atoms with Gasteiger partial charge < -0.3 is 5.32 Å². The van der Waals surface area contributed by atoms with Crippen LogP contribution in [0.15, 0.2) is 59.3 Å². The Morgan fingerprint density at radius 2 is 2.00 bits per heavy atom. The van der Waals surface area contributed by atoms with Gasteiger partial charge >= 0.3 is 0 Å². The molecule has 2 aromatic heterocycles. The summed E-state index contributed by atoms with van der Waals surface area (Å²) in [4.78, 5) is 20.5. The summed E-state index contributed by atoms with van der Waals surface area (Å²) in [6.45, 7) is 0. The number of carbonyl (C=O) groups excluding carboxylic acids is 1. The van der Waals surface area contributed by atoms with E-state index in [0.717, 1.165) is 15.4 Å². The second-order valence-electron chi connectivity index (χ2n) is 4.20. The zero-order valence-corrected chi connectivity index (χ0v) is 12.0. The third-order valence-electron chi connectivity index (χ3n) is 2.82. The maximum absolute atomic E-state index is 12.1. The van der Waals surface area contributed by atoms with Crippen LogP contribution in [-0.2, 0) is 0 Å². The fourth-order valence-electron chi connectivity index (χ4n) is 1.92. The Labute approximate surface area is 124 Å². The van der Waals surface area contributed by atoms with Gasteiger partial charge in [0.05, 0.1) is 11.2 Å². The first kappa shape index (κ1) is 12.7. The number of carbonyl (C=O) groups is 1. The van der Waals surface area contributed by atoms with E-state index in [1.54, 1.807) is 30.6 Å². The molecule has 3 rings (SSSR count). The Hall–Kier alpha value is -2.27. The molecular formula is C15H10BrN3O. The number of pyridine rings is 2. The van der Waals surface area contributed by atoms with Crippen molar-refractivity contribution in [2.75, 3.05) is 5.32 Å². The molecule has 5 heteroatoms. The predicted octanol–water partition coefficient (Wildman–Crippen LogP) is 3.64. The van der Waals surface area contributed by atoms with Crippen molar-refractivity contribution in [3.63, 3.8) is 0 Å². The predicted molar refractivity (Wildman–Crippen MR) is 81.6 cm³/mol. The Morgan fingerprint density at radius 1 is 1.10 bits per heavy atom. The van der Waals surface area contributed by atoms with E-state index in [2.05, 4.69) is 31.2 Å². The van der Waals surface area contributed by atoms with Crippen molar-refractivity contribution < 1.29 is 4.79 Å². The highest BCUT2D eigenvalue weighted by Crippen LogP contribution is 2.24. The van der Waals surface area contributed by atoms with Crippen molar-refractivity contribution in [3.8, 4) is 0 Å². The molecule has 1 amide bonds. The van der Waals surface area contributed by atoms with Crippen LogP contribution in [-0.4, -0.2) is 15.9 Å². The number of halogens is 1. The number of anilines is 1. The largest absolute Gasteiger partial charge is 0.319 e. The Bertz CT molecular complexity index is 774. The second-order valence-corrected chi connectivity index (χ2v) is 5.12. The third-order valence-corrected chi connectivity index (χ3v) is 3.26. The second kappa shape index (κ2) is 5.38. The number of rotatable bonds is 2. The maximum atomic E-state index is 12.1. The van der Waals surface area contributed by atoms with Crippen molar-refractivity contribution in [3.05, 3.63) is 65.0 Å². The summed E-state index contributed by atoms with van der Waals surface area (Å²) in [5.74, 6) is -0.247. The Kier molecular flexibility index (Phi) is 3.43. The van der Waals surface area contributed by atoms with E-state index in [1.165, 1.54) is 0 Å². The van der Waals surface area contributed by atoms with Gasteiger partial charge in [0, 0.05) is 22.3 Å². The highest BCUT2D eigenvalue weighted by molar-refractivity contribution is 9.10. The average Bonchev–Trinajstić information content (AvgIpc) is 2.48. The lowest BCUT2D eigenvalue weighted by molar-refractivity contribution is 0.102. The number of amides is 1. The minimum absolute atomic E-state index is 0.247. The topological polar surface area (TPSA) is 54.9 Å². The molecule has 1 N–H and O–H groups in total. The van der Waals surface area contributed by atoms with Crippen LogP contribution in [0, 0.1) is 0 Å². The Balaban J connectivity index is 1.97. The summed E-state index contributed by atoms with van der Waals surface area (Å²) in [6, 6.07) is 12.8. The number of para-hydroxylation sites is 1. The molecule has 0 atom stereocenters. The van der Waals surface area contributed by atoms with E-state index < -0.39 is 0 Å². The lowest BCUT2D eigenvalue weighted by Gasteiger charge is -2.07. The van der Waals surface area contributed by atoms with E-state index in [1.807, 2.05) is 24.3 Å². The van der Waals surface area contributed by atoms with Crippen LogP contribution in [0.2, 0.25) is 0 Å². The molecule has 0 aliphatic rings. The molecule has 0 aliphatic heterocycles. The summed E-state index contributed by atoms with van der Waals surface area (Å²) < 4.78 is 0.901. The first-order chi connectivity index (χ1) is 9.74. The lowest BCUT2D eigenvalue weighted by atomic mass is 10.2. The van der Waals surface area contributed by atoms with Gasteiger partial charge in [-0.2, -0.15) is 0 Å². The average molecular weight is 328 g/mol. The van der Waals surface area contributed by atoms with Gasteiger partial charge in [0.25, 0.3) is 5.91 Å². The molecule has 20 heavy (non-hydrogen) atoms. The summed E-state index contributed by atoms with van der Waals surface area (Å²) in [5, 5.41) is 3.80. The first-order valence-corrected chi connectivity index (χ1v) is 6.80. The monoisotopic (exact) mass is 327 g/mol. The van der Waals surface area contributed by atoms with Gasteiger partial charge in [0.15, 0.2) is 0 Å². The van der Waals surface area contributed by atoms with Gasteiger partial charge in [-0.25, -0.2) is 0 Å². The first-order valence-electron chi connectivity index (χ1n) is 6.01. The quantitative estimate of drug-likeness (QED) is 0.781. The molecule has 4 nitrogen and oxygen atoms in total. The number of aromatic nitrogens is 2. The molecule has 1 aromatic carbocycles. The van der Waals surface area contributed by atoms with Crippen molar-refractivity contribution in [2.45, 2.75) is 0 Å². The van der Waals surface area contributed by atoms with Gasteiger partial charge in [0.2, 0.25) is 0 Å². The van der Waals surface area contributed by atoms with E-state index in [4.69, 9.17) is 0 Å².